The van der Waals surface area contributed by atoms with Gasteiger partial charge in [-0.2, -0.15) is 0 Å². The van der Waals surface area contributed by atoms with E-state index >= 15 is 0 Å². The number of aromatic nitrogens is 2. The van der Waals surface area contributed by atoms with Crippen molar-refractivity contribution in [2.45, 2.75) is 38.8 Å². The molecule has 2 aromatic carbocycles. The monoisotopic (exact) mass is 737 g/mol. The van der Waals surface area contributed by atoms with Crippen molar-refractivity contribution < 1.29 is 27.6 Å². The van der Waals surface area contributed by atoms with Gasteiger partial charge in [0.05, 0.1) is 30.6 Å². The third kappa shape index (κ3) is 9.11. The zero-order valence-electron chi connectivity index (χ0n) is 28.1. The number of rotatable bonds is 6. The van der Waals surface area contributed by atoms with Crippen LogP contribution in [-0.4, -0.2) is 79.9 Å². The van der Waals surface area contributed by atoms with E-state index in [1.807, 2.05) is 44.2 Å². The third-order valence-electron chi connectivity index (χ3n) is 8.13. The van der Waals surface area contributed by atoms with E-state index in [4.69, 9.17) is 0 Å². The molecule has 0 saturated heterocycles. The second-order valence-corrected chi connectivity index (χ2v) is 16.1. The highest BCUT2D eigenvalue weighted by Crippen LogP contribution is 2.27. The molecule has 5 rings (SSSR count). The van der Waals surface area contributed by atoms with Gasteiger partial charge in [-0.15, -0.1) is 22.7 Å². The summed E-state index contributed by atoms with van der Waals surface area (Å²) in [5, 5.41) is 13.3. The minimum Gasteiger partial charge on any atom is -0.351 e. The lowest BCUT2D eigenvalue weighted by Crippen LogP contribution is -2.43. The van der Waals surface area contributed by atoms with Crippen LogP contribution in [0.2, 0.25) is 0 Å². The first-order valence-corrected chi connectivity index (χ1v) is 19.6. The molecule has 1 aliphatic heterocycles. The molecule has 4 aromatic rings. The molecule has 0 fully saturated rings. The van der Waals surface area contributed by atoms with Gasteiger partial charge in [-0.05, 0) is 48.6 Å². The Labute approximate surface area is 299 Å². The minimum absolute atomic E-state index is 0.0290. The summed E-state index contributed by atoms with van der Waals surface area (Å²) in [6, 6.07) is 14.6. The van der Waals surface area contributed by atoms with Crippen LogP contribution in [0.4, 0.5) is 5.69 Å². The van der Waals surface area contributed by atoms with Gasteiger partial charge in [0.25, 0.3) is 17.7 Å². The number of nitrogens with zero attached hydrogens (tertiary/aromatic N) is 4. The Bertz CT molecular complexity index is 1940. The van der Waals surface area contributed by atoms with Gasteiger partial charge in [-0.25, -0.2) is 18.4 Å². The summed E-state index contributed by atoms with van der Waals surface area (Å²) in [5.41, 5.74) is 1.99. The molecule has 3 heterocycles. The summed E-state index contributed by atoms with van der Waals surface area (Å²) in [6.07, 6.45) is 1.82. The van der Waals surface area contributed by atoms with Gasteiger partial charge in [0.1, 0.15) is 21.4 Å². The Morgan fingerprint density at radius 1 is 0.940 bits per heavy atom. The molecule has 0 unspecified atom stereocenters. The summed E-state index contributed by atoms with van der Waals surface area (Å²) < 4.78 is 25.1. The van der Waals surface area contributed by atoms with Crippen molar-refractivity contribution in [2.24, 2.45) is 5.92 Å². The number of carbonyl (C=O) groups is 4. The number of hydrogen-bond donors (Lipinski definition) is 3. The van der Waals surface area contributed by atoms with Crippen molar-refractivity contribution in [3.05, 3.63) is 97.9 Å². The Morgan fingerprint density at radius 3 is 2.24 bits per heavy atom. The number of carbonyl (C=O) groups excluding carboxylic acids is 4. The molecule has 2 aromatic heterocycles. The van der Waals surface area contributed by atoms with Crippen LogP contribution in [0.3, 0.4) is 0 Å². The summed E-state index contributed by atoms with van der Waals surface area (Å²) in [5.74, 6) is -1.71. The molecule has 2 atom stereocenters. The summed E-state index contributed by atoms with van der Waals surface area (Å²) in [6.45, 7) is 3.95. The number of amides is 4. The largest absolute Gasteiger partial charge is 0.351 e. The Kier molecular flexibility index (Phi) is 11.6. The number of hydrogen-bond acceptors (Lipinski definition) is 10. The fourth-order valence-corrected chi connectivity index (χ4v) is 7.66. The van der Waals surface area contributed by atoms with Crippen LogP contribution in [0.1, 0.15) is 79.3 Å². The minimum atomic E-state index is -3.51. The van der Waals surface area contributed by atoms with Crippen LogP contribution in [0.25, 0.3) is 0 Å². The highest BCUT2D eigenvalue weighted by atomic mass is 32.2. The molecule has 0 radical (unpaired) electrons. The van der Waals surface area contributed by atoms with Gasteiger partial charge >= 0.3 is 0 Å². The fraction of sp³-hybridized carbons (Fsp3) is 0.353. The van der Waals surface area contributed by atoms with Crippen LogP contribution >= 0.6 is 22.7 Å². The van der Waals surface area contributed by atoms with E-state index in [1.165, 1.54) is 58.9 Å². The highest BCUT2D eigenvalue weighted by molar-refractivity contribution is 7.92. The van der Waals surface area contributed by atoms with Crippen molar-refractivity contribution in [1.29, 1.82) is 0 Å². The van der Waals surface area contributed by atoms with E-state index in [2.05, 4.69) is 25.9 Å². The van der Waals surface area contributed by atoms with E-state index in [9.17, 15) is 27.6 Å². The average Bonchev–Trinajstić information content (AvgIpc) is 3.78. The number of thiazole rings is 2. The third-order valence-corrected chi connectivity index (χ3v) is 11.2. The number of benzene rings is 2. The molecule has 0 saturated carbocycles. The zero-order chi connectivity index (χ0) is 36.0. The predicted octanol–water partition coefficient (Wildman–Crippen LogP) is 3.80. The molecule has 0 aliphatic carbocycles. The second kappa shape index (κ2) is 15.9. The highest BCUT2D eigenvalue weighted by Gasteiger charge is 2.28. The van der Waals surface area contributed by atoms with Gasteiger partial charge < -0.3 is 20.9 Å². The molecule has 13 nitrogen and oxygen atoms in total. The van der Waals surface area contributed by atoms with Gasteiger partial charge in [-0.1, -0.05) is 44.2 Å². The van der Waals surface area contributed by atoms with Gasteiger partial charge in [0, 0.05) is 36.5 Å². The Morgan fingerprint density at radius 2 is 1.58 bits per heavy atom. The van der Waals surface area contributed by atoms with Gasteiger partial charge in [0.15, 0.2) is 0 Å². The predicted molar refractivity (Wildman–Crippen MR) is 193 cm³/mol. The zero-order valence-corrected chi connectivity index (χ0v) is 30.5. The van der Waals surface area contributed by atoms with Crippen molar-refractivity contribution in [2.75, 3.05) is 37.2 Å². The normalized spacial score (nSPS) is 17.9. The Hall–Kier alpha value is -4.67. The first kappa shape index (κ1) is 36.6. The number of sulfonamides is 1. The molecule has 264 valence electrons. The van der Waals surface area contributed by atoms with Crippen LogP contribution in [0.5, 0.6) is 0 Å². The Balaban J connectivity index is 1.46. The summed E-state index contributed by atoms with van der Waals surface area (Å²) in [7, 11) is -2.09. The van der Waals surface area contributed by atoms with Crippen molar-refractivity contribution in [3.63, 3.8) is 0 Å². The molecule has 50 heavy (non-hydrogen) atoms. The van der Waals surface area contributed by atoms with Gasteiger partial charge in [0.2, 0.25) is 15.9 Å². The summed E-state index contributed by atoms with van der Waals surface area (Å²) in [4.78, 5) is 64.4. The second-order valence-electron chi connectivity index (χ2n) is 12.3. The maximum atomic E-state index is 13.8. The smallest absolute Gasteiger partial charge is 0.271 e. The lowest BCUT2D eigenvalue weighted by atomic mass is 10.0. The molecular formula is C34H39N7O6S3. The maximum Gasteiger partial charge on any atom is 0.271 e. The molecule has 4 amide bonds. The SMILES string of the molecule is CC(C)[C@@H]1NC(=O)c2csc(n2)[C@H](Cc2ccccc2)NC(=O)CN(C(=O)c2ccc(N(C)S(C)(=O)=O)cc2)CCCNC(=O)c2csc1n2. The molecule has 4 bridgehead atoms. The van der Waals surface area contributed by atoms with Crippen molar-refractivity contribution >= 4 is 62.0 Å². The number of fused-ring (bicyclic) bond motifs is 4. The van der Waals surface area contributed by atoms with E-state index < -0.39 is 45.7 Å². The van der Waals surface area contributed by atoms with Crippen molar-refractivity contribution in [3.8, 4) is 0 Å². The molecule has 3 N–H and O–H groups in total. The van der Waals surface area contributed by atoms with E-state index in [-0.39, 0.29) is 42.5 Å². The fourth-order valence-electron chi connectivity index (χ4n) is 5.28. The number of nitrogens with one attached hydrogen (secondary N) is 3. The van der Waals surface area contributed by atoms with Crippen LogP contribution < -0.4 is 20.3 Å². The lowest BCUT2D eigenvalue weighted by molar-refractivity contribution is -0.122. The maximum absolute atomic E-state index is 13.8. The summed E-state index contributed by atoms with van der Waals surface area (Å²) >= 11 is 2.54. The quantitative estimate of drug-likeness (QED) is 0.268. The number of anilines is 1. The standard InChI is InChI=1S/C34H39N7O6S3/c1-21(2)29-33-38-26(19-49-33)30(43)35-15-8-16-41(34(45)23-11-13-24(14-12-23)40(3)50(4,46)47)18-28(42)36-25(17-22-9-6-5-7-10-22)32-37-27(20-48-32)31(44)39-29/h5-7,9-14,19-21,25,29H,8,15-18H2,1-4H3,(H,35,43)(H,36,42)(H,39,44)/t25-,29-/m0/s1. The topological polar surface area (TPSA) is 171 Å². The lowest BCUT2D eigenvalue weighted by Gasteiger charge is -2.25. The first-order chi connectivity index (χ1) is 23.8. The van der Waals surface area contributed by atoms with E-state index in [1.54, 1.807) is 10.8 Å². The molecule has 16 heteroatoms. The molecular weight excluding hydrogens is 699 g/mol. The average molecular weight is 738 g/mol. The van der Waals surface area contributed by atoms with E-state index in [0.717, 1.165) is 16.1 Å². The first-order valence-electron chi connectivity index (χ1n) is 16.0. The van der Waals surface area contributed by atoms with Crippen molar-refractivity contribution in [1.82, 2.24) is 30.8 Å². The van der Waals surface area contributed by atoms with Gasteiger partial charge in [-0.3, -0.25) is 23.5 Å². The van der Waals surface area contributed by atoms with Crippen LogP contribution in [-0.2, 0) is 21.2 Å². The molecule has 0 spiro atoms. The van der Waals surface area contributed by atoms with Crippen LogP contribution in [0.15, 0.2) is 65.4 Å². The molecule has 1 aliphatic rings. The van der Waals surface area contributed by atoms with E-state index in [0.29, 0.717) is 28.5 Å². The van der Waals surface area contributed by atoms with Crippen LogP contribution in [0, 0.1) is 5.92 Å².